The molecular weight excluding hydrogens is 251 g/mol. The molecule has 0 saturated carbocycles. The van der Waals surface area contributed by atoms with Crippen LogP contribution in [0.4, 0.5) is 14.9 Å². The highest BCUT2D eigenvalue weighted by Gasteiger charge is 2.14. The smallest absolute Gasteiger partial charge is 0.319 e. The number of hydrogen-bond acceptors (Lipinski definition) is 2. The maximum absolute atomic E-state index is 13.5. The first kappa shape index (κ1) is 14.9. The van der Waals surface area contributed by atoms with Crippen molar-refractivity contribution in [3.63, 3.8) is 0 Å². The van der Waals surface area contributed by atoms with E-state index < -0.39 is 23.9 Å². The minimum absolute atomic E-state index is 0.0632. The van der Waals surface area contributed by atoms with E-state index in [1.807, 2.05) is 0 Å². The van der Waals surface area contributed by atoms with Crippen molar-refractivity contribution in [2.45, 2.75) is 32.7 Å². The maximum atomic E-state index is 13.5. The lowest BCUT2D eigenvalue weighted by Crippen LogP contribution is -2.39. The number of aryl methyl sites for hydroxylation is 1. The third-order valence-electron chi connectivity index (χ3n) is 2.62. The first-order valence-electron chi connectivity index (χ1n) is 5.97. The van der Waals surface area contributed by atoms with Gasteiger partial charge in [-0.1, -0.05) is 13.0 Å². The predicted molar refractivity (Wildman–Crippen MR) is 69.6 cm³/mol. The van der Waals surface area contributed by atoms with Crippen LogP contribution >= 0.6 is 0 Å². The Morgan fingerprint density at radius 1 is 1.42 bits per heavy atom. The zero-order valence-corrected chi connectivity index (χ0v) is 10.9. The van der Waals surface area contributed by atoms with Gasteiger partial charge in [0.25, 0.3) is 0 Å². The minimum Gasteiger partial charge on any atom is -0.481 e. The van der Waals surface area contributed by atoms with E-state index >= 15 is 0 Å². The van der Waals surface area contributed by atoms with E-state index in [4.69, 9.17) is 5.11 Å². The summed E-state index contributed by atoms with van der Waals surface area (Å²) in [6.07, 6.45) is 0.316. The van der Waals surface area contributed by atoms with Gasteiger partial charge >= 0.3 is 12.0 Å². The molecule has 1 rings (SSSR count). The Hall–Kier alpha value is -2.11. The van der Waals surface area contributed by atoms with Crippen molar-refractivity contribution in [3.05, 3.63) is 29.6 Å². The Balaban J connectivity index is 2.61. The largest absolute Gasteiger partial charge is 0.481 e. The third-order valence-corrected chi connectivity index (χ3v) is 2.62. The number of hydrogen-bond donors (Lipinski definition) is 3. The van der Waals surface area contributed by atoms with Gasteiger partial charge in [0, 0.05) is 6.04 Å². The van der Waals surface area contributed by atoms with Gasteiger partial charge in [-0.2, -0.15) is 0 Å². The van der Waals surface area contributed by atoms with E-state index in [-0.39, 0.29) is 12.1 Å². The second-order valence-electron chi connectivity index (χ2n) is 4.28. The lowest BCUT2D eigenvalue weighted by atomic mass is 10.1. The van der Waals surface area contributed by atoms with E-state index in [0.717, 1.165) is 5.56 Å². The van der Waals surface area contributed by atoms with Crippen LogP contribution in [0.3, 0.4) is 0 Å². The van der Waals surface area contributed by atoms with Gasteiger partial charge in [-0.05, 0) is 31.0 Å². The molecule has 0 spiro atoms. The molecule has 0 aliphatic carbocycles. The van der Waals surface area contributed by atoms with Gasteiger partial charge in [0.1, 0.15) is 5.82 Å². The molecule has 5 nitrogen and oxygen atoms in total. The maximum Gasteiger partial charge on any atom is 0.319 e. The lowest BCUT2D eigenvalue weighted by molar-refractivity contribution is -0.137. The van der Waals surface area contributed by atoms with Crippen molar-refractivity contribution < 1.29 is 19.1 Å². The molecule has 3 N–H and O–H groups in total. The zero-order chi connectivity index (χ0) is 14.4. The summed E-state index contributed by atoms with van der Waals surface area (Å²) in [5.41, 5.74) is 0.814. The van der Waals surface area contributed by atoms with E-state index in [2.05, 4.69) is 10.6 Å². The minimum atomic E-state index is -0.992. The Kier molecular flexibility index (Phi) is 5.29. The Bertz CT molecular complexity index is 477. The third kappa shape index (κ3) is 4.95. The van der Waals surface area contributed by atoms with Crippen LogP contribution in [0.25, 0.3) is 0 Å². The number of carbonyl (C=O) groups is 2. The lowest BCUT2D eigenvalue weighted by Gasteiger charge is -2.15. The van der Waals surface area contributed by atoms with Crippen LogP contribution in [0.5, 0.6) is 0 Å². The van der Waals surface area contributed by atoms with E-state index in [9.17, 15) is 14.0 Å². The van der Waals surface area contributed by atoms with Crippen LogP contribution in [0.15, 0.2) is 18.2 Å². The number of carboxylic acids is 1. The fourth-order valence-corrected chi connectivity index (χ4v) is 1.57. The van der Waals surface area contributed by atoms with Gasteiger partial charge < -0.3 is 15.7 Å². The summed E-state index contributed by atoms with van der Waals surface area (Å²) >= 11 is 0. The number of carbonyl (C=O) groups excluding carboxylic acids is 1. The first-order valence-corrected chi connectivity index (χ1v) is 5.97. The van der Waals surface area contributed by atoms with E-state index in [1.54, 1.807) is 19.9 Å². The second kappa shape index (κ2) is 6.72. The molecule has 104 valence electrons. The highest BCUT2D eigenvalue weighted by Crippen LogP contribution is 2.15. The van der Waals surface area contributed by atoms with Gasteiger partial charge in [0.2, 0.25) is 0 Å². The molecule has 19 heavy (non-hydrogen) atoms. The fourth-order valence-electron chi connectivity index (χ4n) is 1.57. The number of aliphatic carboxylic acids is 1. The van der Waals surface area contributed by atoms with Gasteiger partial charge in [-0.3, -0.25) is 4.79 Å². The van der Waals surface area contributed by atoms with Crippen molar-refractivity contribution in [2.75, 3.05) is 5.32 Å². The fraction of sp³-hybridized carbons (Fsp3) is 0.385. The number of rotatable bonds is 5. The van der Waals surface area contributed by atoms with Crippen LogP contribution < -0.4 is 10.6 Å². The molecule has 0 bridgehead atoms. The SMILES string of the molecule is CCC(CC(=O)O)NC(=O)Nc1ccc(C)cc1F. The summed E-state index contributed by atoms with van der Waals surface area (Å²) in [6, 6.07) is 3.35. The second-order valence-corrected chi connectivity index (χ2v) is 4.28. The summed E-state index contributed by atoms with van der Waals surface area (Å²) in [5, 5.41) is 13.5. The molecule has 0 aliphatic rings. The normalized spacial score (nSPS) is 11.7. The van der Waals surface area contributed by atoms with Crippen LogP contribution in [-0.4, -0.2) is 23.1 Å². The molecule has 6 heteroatoms. The first-order chi connectivity index (χ1) is 8.92. The van der Waals surface area contributed by atoms with Gasteiger partial charge in [-0.25, -0.2) is 9.18 Å². The molecule has 0 fully saturated rings. The Morgan fingerprint density at radius 2 is 2.11 bits per heavy atom. The molecule has 0 aliphatic heterocycles. The molecule has 0 saturated heterocycles. The van der Waals surface area contributed by atoms with Gasteiger partial charge in [0.15, 0.2) is 0 Å². The molecule has 1 unspecified atom stereocenters. The number of amides is 2. The average molecular weight is 268 g/mol. The van der Waals surface area contributed by atoms with Gasteiger partial charge in [-0.15, -0.1) is 0 Å². The van der Waals surface area contributed by atoms with Crippen molar-refractivity contribution in [2.24, 2.45) is 0 Å². The monoisotopic (exact) mass is 268 g/mol. The van der Waals surface area contributed by atoms with Crippen LogP contribution in [-0.2, 0) is 4.79 Å². The number of anilines is 1. The summed E-state index contributed by atoms with van der Waals surface area (Å²) in [5.74, 6) is -1.52. The summed E-state index contributed by atoms with van der Waals surface area (Å²) in [7, 11) is 0. The van der Waals surface area contributed by atoms with Crippen molar-refractivity contribution in [1.29, 1.82) is 0 Å². The zero-order valence-electron chi connectivity index (χ0n) is 10.9. The molecule has 2 amide bonds. The molecule has 0 heterocycles. The highest BCUT2D eigenvalue weighted by atomic mass is 19.1. The van der Waals surface area contributed by atoms with Gasteiger partial charge in [0.05, 0.1) is 12.1 Å². The number of benzene rings is 1. The Morgan fingerprint density at radius 3 is 2.63 bits per heavy atom. The molecule has 0 aromatic heterocycles. The standard InChI is InChI=1S/C13H17FN2O3/c1-3-9(7-12(17)18)15-13(19)16-11-5-4-8(2)6-10(11)14/h4-6,9H,3,7H2,1-2H3,(H,17,18)(H2,15,16,19). The predicted octanol–water partition coefficient (Wildman–Crippen LogP) is 2.51. The molecule has 1 aromatic rings. The molecular formula is C13H17FN2O3. The number of carboxylic acid groups (broad SMARTS) is 1. The van der Waals surface area contributed by atoms with Crippen LogP contribution in [0.1, 0.15) is 25.3 Å². The van der Waals surface area contributed by atoms with E-state index in [0.29, 0.717) is 6.42 Å². The molecule has 0 radical (unpaired) electrons. The number of urea groups is 1. The van der Waals surface area contributed by atoms with Crippen molar-refractivity contribution in [1.82, 2.24) is 5.32 Å². The molecule has 1 atom stereocenters. The number of nitrogens with one attached hydrogen (secondary N) is 2. The Labute approximate surface area is 110 Å². The average Bonchev–Trinajstić information content (AvgIpc) is 2.31. The van der Waals surface area contributed by atoms with Crippen molar-refractivity contribution in [3.8, 4) is 0 Å². The summed E-state index contributed by atoms with van der Waals surface area (Å²) < 4.78 is 13.5. The number of halogens is 1. The van der Waals surface area contributed by atoms with Crippen LogP contribution in [0.2, 0.25) is 0 Å². The molecule has 1 aromatic carbocycles. The van der Waals surface area contributed by atoms with Crippen LogP contribution in [0, 0.1) is 12.7 Å². The summed E-state index contributed by atoms with van der Waals surface area (Å²) in [4.78, 5) is 22.2. The topological polar surface area (TPSA) is 78.4 Å². The van der Waals surface area contributed by atoms with E-state index in [1.165, 1.54) is 12.1 Å². The summed E-state index contributed by atoms with van der Waals surface area (Å²) in [6.45, 7) is 3.51. The van der Waals surface area contributed by atoms with Crippen molar-refractivity contribution >= 4 is 17.7 Å². The highest BCUT2D eigenvalue weighted by molar-refractivity contribution is 5.89. The quantitative estimate of drug-likeness (QED) is 0.767.